The van der Waals surface area contributed by atoms with Gasteiger partial charge in [0.15, 0.2) is 0 Å². The molecule has 0 atom stereocenters. The molecule has 1 rings (SSSR count). The fourth-order valence-corrected chi connectivity index (χ4v) is 2.10. The molecule has 0 N–H and O–H groups in total. The van der Waals surface area contributed by atoms with Crippen molar-refractivity contribution in [3.8, 4) is 5.75 Å². The molecule has 0 amide bonds. The van der Waals surface area contributed by atoms with Crippen molar-refractivity contribution in [2.24, 2.45) is 4.99 Å². The molecule has 0 fully saturated rings. The number of halogens is 3. The highest BCUT2D eigenvalue weighted by atomic mass is 19.4. The average molecular weight is 344 g/mol. The molecule has 0 aliphatic heterocycles. The van der Waals surface area contributed by atoms with E-state index in [0.717, 1.165) is 29.1 Å². The second-order valence-corrected chi connectivity index (χ2v) is 6.00. The molecular formula is C18H27F3N2O. The van der Waals surface area contributed by atoms with Crippen LogP contribution >= 0.6 is 0 Å². The Labute approximate surface area is 142 Å². The van der Waals surface area contributed by atoms with Gasteiger partial charge >= 0.3 is 6.18 Å². The average Bonchev–Trinajstić information content (AvgIpc) is 2.50. The first-order chi connectivity index (χ1) is 11.2. The Morgan fingerprint density at radius 2 is 1.83 bits per heavy atom. The molecule has 0 saturated carbocycles. The Kier molecular flexibility index (Phi) is 8.08. The van der Waals surface area contributed by atoms with Gasteiger partial charge in [0.2, 0.25) is 0 Å². The lowest BCUT2D eigenvalue weighted by Gasteiger charge is -2.13. The van der Waals surface area contributed by atoms with Crippen LogP contribution in [0.15, 0.2) is 17.1 Å². The van der Waals surface area contributed by atoms with Gasteiger partial charge in [-0.15, -0.1) is 0 Å². The Morgan fingerprint density at radius 3 is 2.46 bits per heavy atom. The summed E-state index contributed by atoms with van der Waals surface area (Å²) >= 11 is 0. The summed E-state index contributed by atoms with van der Waals surface area (Å²) in [7, 11) is 1.96. The van der Waals surface area contributed by atoms with Gasteiger partial charge in [-0.1, -0.05) is 0 Å². The van der Waals surface area contributed by atoms with Gasteiger partial charge < -0.3 is 9.64 Å². The van der Waals surface area contributed by atoms with E-state index in [4.69, 9.17) is 4.74 Å². The number of nitrogens with zero attached hydrogens (tertiary/aromatic N) is 2. The number of unbranched alkanes of at least 4 members (excludes halogenated alkanes) is 2. The molecule has 1 aromatic rings. The number of aliphatic imine (C=N–C) groups is 1. The van der Waals surface area contributed by atoms with E-state index in [1.165, 1.54) is 0 Å². The summed E-state index contributed by atoms with van der Waals surface area (Å²) in [5.41, 5.74) is 2.88. The number of hydrogen-bond acceptors (Lipinski definition) is 2. The molecule has 0 spiro atoms. The molecule has 0 aromatic heterocycles. The van der Waals surface area contributed by atoms with E-state index in [1.807, 2.05) is 37.9 Å². The predicted molar refractivity (Wildman–Crippen MR) is 92.4 cm³/mol. The molecule has 0 heterocycles. The molecule has 136 valence electrons. The SMILES string of the molecule is CCN(C)/C=N/c1cc(C)c(OCCCCCC(F)(F)F)cc1C. The van der Waals surface area contributed by atoms with Gasteiger partial charge in [-0.25, -0.2) is 4.99 Å². The van der Waals surface area contributed by atoms with Crippen LogP contribution in [0.25, 0.3) is 0 Å². The molecule has 0 unspecified atom stereocenters. The van der Waals surface area contributed by atoms with Gasteiger partial charge in [0, 0.05) is 20.0 Å². The molecule has 3 nitrogen and oxygen atoms in total. The van der Waals surface area contributed by atoms with E-state index in [2.05, 4.69) is 11.9 Å². The molecule has 6 heteroatoms. The lowest BCUT2D eigenvalue weighted by molar-refractivity contribution is -0.135. The topological polar surface area (TPSA) is 24.8 Å². The van der Waals surface area contributed by atoms with Crippen LogP contribution in [0.3, 0.4) is 0 Å². The van der Waals surface area contributed by atoms with E-state index >= 15 is 0 Å². The third-order valence-electron chi connectivity index (χ3n) is 3.75. The highest BCUT2D eigenvalue weighted by Crippen LogP contribution is 2.28. The minimum atomic E-state index is -4.06. The highest BCUT2D eigenvalue weighted by molar-refractivity contribution is 5.64. The summed E-state index contributed by atoms with van der Waals surface area (Å²) in [5, 5.41) is 0. The quantitative estimate of drug-likeness (QED) is 0.340. The van der Waals surface area contributed by atoms with Gasteiger partial charge in [-0.3, -0.25) is 0 Å². The maximum absolute atomic E-state index is 12.1. The number of hydrogen-bond donors (Lipinski definition) is 0. The van der Waals surface area contributed by atoms with Gasteiger partial charge in [-0.2, -0.15) is 13.2 Å². The zero-order chi connectivity index (χ0) is 18.2. The Bertz CT molecular complexity index is 542. The summed E-state index contributed by atoms with van der Waals surface area (Å²) in [6.45, 7) is 7.28. The van der Waals surface area contributed by atoms with E-state index < -0.39 is 12.6 Å². The second kappa shape index (κ2) is 9.55. The summed E-state index contributed by atoms with van der Waals surface area (Å²) in [6.07, 6.45) is -1.69. The lowest BCUT2D eigenvalue weighted by atomic mass is 10.1. The number of ether oxygens (including phenoxy) is 1. The van der Waals surface area contributed by atoms with Crippen LogP contribution in [-0.2, 0) is 0 Å². The van der Waals surface area contributed by atoms with Crippen molar-refractivity contribution in [2.75, 3.05) is 20.2 Å². The van der Waals surface area contributed by atoms with Crippen molar-refractivity contribution < 1.29 is 17.9 Å². The summed E-state index contributed by atoms with van der Waals surface area (Å²) in [4.78, 5) is 6.45. The number of aryl methyl sites for hydroxylation is 2. The first-order valence-corrected chi connectivity index (χ1v) is 8.28. The molecular weight excluding hydrogens is 317 g/mol. The zero-order valence-electron chi connectivity index (χ0n) is 14.9. The monoisotopic (exact) mass is 344 g/mol. The largest absolute Gasteiger partial charge is 0.493 e. The van der Waals surface area contributed by atoms with Crippen molar-refractivity contribution >= 4 is 12.0 Å². The highest BCUT2D eigenvalue weighted by Gasteiger charge is 2.25. The number of alkyl halides is 3. The standard InChI is InChI=1S/C18H27F3N2O/c1-5-23(4)13-22-16-11-15(3)17(12-14(16)2)24-10-8-6-7-9-18(19,20)21/h11-13H,5-10H2,1-4H3/b22-13+. The lowest BCUT2D eigenvalue weighted by Crippen LogP contribution is -2.14. The summed E-state index contributed by atoms with van der Waals surface area (Å²) in [6, 6.07) is 3.90. The predicted octanol–water partition coefficient (Wildman–Crippen LogP) is 5.42. The van der Waals surface area contributed by atoms with Crippen molar-refractivity contribution in [3.63, 3.8) is 0 Å². The van der Waals surface area contributed by atoms with Crippen LogP contribution in [0.5, 0.6) is 5.75 Å². The van der Waals surface area contributed by atoms with Crippen LogP contribution in [-0.4, -0.2) is 37.6 Å². The number of rotatable bonds is 9. The molecule has 0 aliphatic rings. The fraction of sp³-hybridized carbons (Fsp3) is 0.611. The smallest absolute Gasteiger partial charge is 0.389 e. The van der Waals surface area contributed by atoms with Gasteiger partial charge in [0.05, 0.1) is 18.6 Å². The minimum Gasteiger partial charge on any atom is -0.493 e. The Morgan fingerprint density at radius 1 is 1.12 bits per heavy atom. The Hall–Kier alpha value is -1.72. The third kappa shape index (κ3) is 7.70. The van der Waals surface area contributed by atoms with E-state index in [-0.39, 0.29) is 6.42 Å². The first-order valence-electron chi connectivity index (χ1n) is 8.28. The van der Waals surface area contributed by atoms with Crippen molar-refractivity contribution in [1.82, 2.24) is 4.90 Å². The normalized spacial score (nSPS) is 12.0. The minimum absolute atomic E-state index is 0.156. The number of benzene rings is 1. The van der Waals surface area contributed by atoms with Crippen LogP contribution < -0.4 is 4.74 Å². The van der Waals surface area contributed by atoms with Crippen molar-refractivity contribution in [1.29, 1.82) is 0 Å². The zero-order valence-corrected chi connectivity index (χ0v) is 14.9. The van der Waals surface area contributed by atoms with Crippen LogP contribution in [0, 0.1) is 13.8 Å². The van der Waals surface area contributed by atoms with Gasteiger partial charge in [0.1, 0.15) is 5.75 Å². The van der Waals surface area contributed by atoms with E-state index in [1.54, 1.807) is 6.34 Å². The fourth-order valence-electron chi connectivity index (χ4n) is 2.10. The van der Waals surface area contributed by atoms with Crippen LogP contribution in [0.1, 0.15) is 43.7 Å². The van der Waals surface area contributed by atoms with E-state index in [0.29, 0.717) is 19.4 Å². The second-order valence-electron chi connectivity index (χ2n) is 6.00. The molecule has 0 aliphatic carbocycles. The van der Waals surface area contributed by atoms with Crippen molar-refractivity contribution in [3.05, 3.63) is 23.3 Å². The Balaban J connectivity index is 2.49. The molecule has 0 radical (unpaired) electrons. The molecule has 1 aromatic carbocycles. The first kappa shape index (κ1) is 20.3. The van der Waals surface area contributed by atoms with Gasteiger partial charge in [0.25, 0.3) is 0 Å². The molecule has 0 saturated heterocycles. The molecule has 24 heavy (non-hydrogen) atoms. The van der Waals surface area contributed by atoms with Crippen molar-refractivity contribution in [2.45, 2.75) is 52.6 Å². The maximum Gasteiger partial charge on any atom is 0.389 e. The van der Waals surface area contributed by atoms with E-state index in [9.17, 15) is 13.2 Å². The van der Waals surface area contributed by atoms with Crippen LogP contribution in [0.4, 0.5) is 18.9 Å². The summed E-state index contributed by atoms with van der Waals surface area (Å²) in [5.74, 6) is 0.770. The van der Waals surface area contributed by atoms with Crippen LogP contribution in [0.2, 0.25) is 0 Å². The third-order valence-corrected chi connectivity index (χ3v) is 3.75. The molecule has 0 bridgehead atoms. The summed E-state index contributed by atoms with van der Waals surface area (Å²) < 4.78 is 41.9. The van der Waals surface area contributed by atoms with Gasteiger partial charge in [-0.05, 0) is 63.3 Å². The maximum atomic E-state index is 12.1.